The first kappa shape index (κ1) is 13.7. The minimum absolute atomic E-state index is 0.718. The lowest BCUT2D eigenvalue weighted by Crippen LogP contribution is -2.04. The van der Waals surface area contributed by atoms with Gasteiger partial charge in [-0.05, 0) is 42.3 Å². The molecule has 0 bridgehead atoms. The second-order valence-corrected chi connectivity index (χ2v) is 6.34. The Morgan fingerprint density at radius 1 is 1.00 bits per heavy atom. The van der Waals surface area contributed by atoms with Crippen LogP contribution in [-0.2, 0) is 6.42 Å². The maximum Gasteiger partial charge on any atom is 0.183 e. The number of nitrogens with zero attached hydrogens (tertiary/aromatic N) is 1. The van der Waals surface area contributed by atoms with Gasteiger partial charge in [0.15, 0.2) is 5.13 Å². The van der Waals surface area contributed by atoms with Gasteiger partial charge in [0.25, 0.3) is 0 Å². The Morgan fingerprint density at radius 2 is 1.75 bits per heavy atom. The van der Waals surface area contributed by atoms with Crippen LogP contribution in [0.3, 0.4) is 0 Å². The summed E-state index contributed by atoms with van der Waals surface area (Å²) in [6.07, 6.45) is 0.938. The summed E-state index contributed by atoms with van der Waals surface area (Å²) in [4.78, 5) is 4.52. The fraction of sp³-hybridized carbons (Fsp3) is 0.133. The van der Waals surface area contributed by atoms with E-state index in [1.807, 2.05) is 42.5 Å². The molecule has 5 heteroatoms. The summed E-state index contributed by atoms with van der Waals surface area (Å²) in [5.74, 6) is 0. The minimum Gasteiger partial charge on any atom is -0.361 e. The van der Waals surface area contributed by atoms with Crippen LogP contribution in [-0.4, -0.2) is 11.5 Å². The Bertz CT molecular complexity index is 722. The van der Waals surface area contributed by atoms with E-state index in [0.717, 1.165) is 38.4 Å². The van der Waals surface area contributed by atoms with Gasteiger partial charge in [-0.1, -0.05) is 46.7 Å². The van der Waals surface area contributed by atoms with Crippen molar-refractivity contribution in [1.29, 1.82) is 0 Å². The molecule has 0 aliphatic heterocycles. The highest BCUT2D eigenvalue weighted by Crippen LogP contribution is 2.27. The summed E-state index contributed by atoms with van der Waals surface area (Å²) in [5, 5.41) is 5.76. The summed E-state index contributed by atoms with van der Waals surface area (Å²) in [6.45, 7) is 0.842. The highest BCUT2D eigenvalue weighted by atomic mass is 35.5. The van der Waals surface area contributed by atoms with Crippen LogP contribution in [0.25, 0.3) is 10.2 Å². The molecule has 102 valence electrons. The van der Waals surface area contributed by atoms with Gasteiger partial charge in [-0.2, -0.15) is 0 Å². The Kier molecular flexibility index (Phi) is 4.10. The second-order valence-electron chi connectivity index (χ2n) is 4.43. The van der Waals surface area contributed by atoms with Crippen LogP contribution in [0.2, 0.25) is 10.0 Å². The van der Waals surface area contributed by atoms with Crippen molar-refractivity contribution in [3.8, 4) is 0 Å². The highest BCUT2D eigenvalue weighted by molar-refractivity contribution is 7.22. The lowest BCUT2D eigenvalue weighted by Gasteiger charge is -2.02. The van der Waals surface area contributed by atoms with Crippen molar-refractivity contribution in [2.24, 2.45) is 0 Å². The van der Waals surface area contributed by atoms with Crippen molar-refractivity contribution in [3.05, 3.63) is 58.1 Å². The number of halogens is 2. The average molecular weight is 323 g/mol. The largest absolute Gasteiger partial charge is 0.361 e. The van der Waals surface area contributed by atoms with E-state index >= 15 is 0 Å². The molecule has 1 N–H and O–H groups in total. The molecular weight excluding hydrogens is 311 g/mol. The molecule has 3 aromatic rings. The number of fused-ring (bicyclic) bond motifs is 1. The highest BCUT2D eigenvalue weighted by Gasteiger charge is 2.03. The zero-order valence-corrected chi connectivity index (χ0v) is 12.9. The molecule has 0 radical (unpaired) electrons. The molecule has 2 aromatic carbocycles. The number of anilines is 1. The predicted molar refractivity (Wildman–Crippen MR) is 88.3 cm³/mol. The van der Waals surface area contributed by atoms with Crippen LogP contribution in [0, 0.1) is 0 Å². The summed E-state index contributed by atoms with van der Waals surface area (Å²) >= 11 is 13.5. The molecular formula is C15H12Cl2N2S. The third-order valence-corrected chi connectivity index (χ3v) is 4.43. The standard InChI is InChI=1S/C15H12Cl2N2S/c16-11-3-1-10(2-4-11)7-8-18-15-19-13-9-12(17)5-6-14(13)20-15/h1-6,9H,7-8H2,(H,18,19). The lowest BCUT2D eigenvalue weighted by molar-refractivity contribution is 1.02. The van der Waals surface area contributed by atoms with Crippen molar-refractivity contribution in [3.63, 3.8) is 0 Å². The fourth-order valence-electron chi connectivity index (χ4n) is 1.94. The molecule has 0 saturated heterocycles. The normalized spacial score (nSPS) is 10.9. The number of nitrogens with one attached hydrogen (secondary N) is 1. The second kappa shape index (κ2) is 6.00. The van der Waals surface area contributed by atoms with E-state index < -0.39 is 0 Å². The molecule has 0 atom stereocenters. The summed E-state index contributed by atoms with van der Waals surface area (Å²) in [7, 11) is 0. The number of hydrogen-bond acceptors (Lipinski definition) is 3. The number of benzene rings is 2. The van der Waals surface area contributed by atoms with Crippen molar-refractivity contribution in [2.75, 3.05) is 11.9 Å². The summed E-state index contributed by atoms with van der Waals surface area (Å²) < 4.78 is 1.14. The summed E-state index contributed by atoms with van der Waals surface area (Å²) in [6, 6.07) is 13.7. The molecule has 1 heterocycles. The molecule has 20 heavy (non-hydrogen) atoms. The third kappa shape index (κ3) is 3.23. The van der Waals surface area contributed by atoms with Crippen LogP contribution in [0.1, 0.15) is 5.56 Å². The van der Waals surface area contributed by atoms with Gasteiger partial charge in [0.2, 0.25) is 0 Å². The zero-order valence-electron chi connectivity index (χ0n) is 10.6. The van der Waals surface area contributed by atoms with E-state index in [1.165, 1.54) is 5.56 Å². The number of hydrogen-bond donors (Lipinski definition) is 1. The van der Waals surface area contributed by atoms with Gasteiger partial charge in [-0.3, -0.25) is 0 Å². The van der Waals surface area contributed by atoms with Gasteiger partial charge in [-0.15, -0.1) is 0 Å². The van der Waals surface area contributed by atoms with Gasteiger partial charge >= 0.3 is 0 Å². The molecule has 0 amide bonds. The molecule has 1 aromatic heterocycles. The quantitative estimate of drug-likeness (QED) is 0.708. The molecule has 0 unspecified atom stereocenters. The van der Waals surface area contributed by atoms with Gasteiger partial charge < -0.3 is 5.32 Å². The SMILES string of the molecule is Clc1ccc(CCNc2nc3cc(Cl)ccc3s2)cc1. The van der Waals surface area contributed by atoms with Gasteiger partial charge in [-0.25, -0.2) is 4.98 Å². The van der Waals surface area contributed by atoms with E-state index in [2.05, 4.69) is 10.3 Å². The van der Waals surface area contributed by atoms with Crippen LogP contribution in [0.5, 0.6) is 0 Å². The van der Waals surface area contributed by atoms with Gasteiger partial charge in [0.1, 0.15) is 0 Å². The van der Waals surface area contributed by atoms with Crippen LogP contribution in [0.15, 0.2) is 42.5 Å². The molecule has 0 aliphatic rings. The van der Waals surface area contributed by atoms with Crippen LogP contribution >= 0.6 is 34.5 Å². The monoisotopic (exact) mass is 322 g/mol. The first-order valence-corrected chi connectivity index (χ1v) is 7.82. The maximum atomic E-state index is 5.96. The van der Waals surface area contributed by atoms with E-state index in [4.69, 9.17) is 23.2 Å². The molecule has 0 spiro atoms. The van der Waals surface area contributed by atoms with Crippen molar-refractivity contribution < 1.29 is 0 Å². The Labute approximate surface area is 131 Å². The molecule has 2 nitrogen and oxygen atoms in total. The number of aromatic nitrogens is 1. The Morgan fingerprint density at radius 3 is 2.55 bits per heavy atom. The minimum atomic E-state index is 0.718. The van der Waals surface area contributed by atoms with Crippen molar-refractivity contribution in [2.45, 2.75) is 6.42 Å². The first-order valence-electron chi connectivity index (χ1n) is 6.25. The topological polar surface area (TPSA) is 24.9 Å². The molecule has 0 fully saturated rings. The van der Waals surface area contributed by atoms with Gasteiger partial charge in [0, 0.05) is 16.6 Å². The van der Waals surface area contributed by atoms with Gasteiger partial charge in [0.05, 0.1) is 10.2 Å². The lowest BCUT2D eigenvalue weighted by atomic mass is 10.1. The molecule has 0 aliphatic carbocycles. The summed E-state index contributed by atoms with van der Waals surface area (Å²) in [5.41, 5.74) is 2.20. The number of rotatable bonds is 4. The van der Waals surface area contributed by atoms with E-state index in [9.17, 15) is 0 Å². The fourth-order valence-corrected chi connectivity index (χ4v) is 3.11. The van der Waals surface area contributed by atoms with Crippen LogP contribution < -0.4 is 5.32 Å². The maximum absolute atomic E-state index is 5.96. The third-order valence-electron chi connectivity index (χ3n) is 2.95. The number of thiazole rings is 1. The van der Waals surface area contributed by atoms with E-state index in [1.54, 1.807) is 11.3 Å². The van der Waals surface area contributed by atoms with Crippen molar-refractivity contribution >= 4 is 49.9 Å². The Hall–Kier alpha value is -1.29. The predicted octanol–water partition coefficient (Wildman–Crippen LogP) is 5.26. The molecule has 3 rings (SSSR count). The molecule has 0 saturated carbocycles. The Balaban J connectivity index is 1.63. The average Bonchev–Trinajstić information content (AvgIpc) is 2.83. The van der Waals surface area contributed by atoms with E-state index in [0.29, 0.717) is 0 Å². The van der Waals surface area contributed by atoms with Crippen molar-refractivity contribution in [1.82, 2.24) is 4.98 Å². The van der Waals surface area contributed by atoms with Crippen LogP contribution in [0.4, 0.5) is 5.13 Å². The zero-order chi connectivity index (χ0) is 13.9. The first-order chi connectivity index (χ1) is 9.70. The van der Waals surface area contributed by atoms with E-state index in [-0.39, 0.29) is 0 Å². The smallest absolute Gasteiger partial charge is 0.183 e.